The van der Waals surface area contributed by atoms with Gasteiger partial charge in [0.05, 0.1) is 5.52 Å². The Hall–Kier alpha value is -2.46. The second-order valence-corrected chi connectivity index (χ2v) is 8.44. The van der Waals surface area contributed by atoms with Crippen molar-refractivity contribution in [2.24, 2.45) is 11.8 Å². The minimum Gasteiger partial charge on any atom is -0.344 e. The molecule has 1 fully saturated rings. The number of hydrogen-bond donors (Lipinski definition) is 2. The van der Waals surface area contributed by atoms with Gasteiger partial charge in [-0.2, -0.15) is 0 Å². The van der Waals surface area contributed by atoms with Gasteiger partial charge in [-0.1, -0.05) is 18.5 Å². The molecule has 1 atom stereocenters. The number of anilines is 1. The largest absolute Gasteiger partial charge is 0.344 e. The lowest BCUT2D eigenvalue weighted by Crippen LogP contribution is -2.29. The highest BCUT2D eigenvalue weighted by Gasteiger charge is 2.29. The molecule has 1 aliphatic rings. The molecule has 3 nitrogen and oxygen atoms in total. The predicted molar refractivity (Wildman–Crippen MR) is 118 cm³/mol. The third-order valence-corrected chi connectivity index (χ3v) is 6.49. The summed E-state index contributed by atoms with van der Waals surface area (Å²) in [5, 5.41) is 13.3. The molecule has 0 aliphatic heterocycles. The minimum atomic E-state index is -0.212. The van der Waals surface area contributed by atoms with Crippen molar-refractivity contribution in [2.75, 3.05) is 5.32 Å². The van der Waals surface area contributed by atoms with Crippen LogP contribution in [0.3, 0.4) is 0 Å². The summed E-state index contributed by atoms with van der Waals surface area (Å²) < 4.78 is 13.8. The quantitative estimate of drug-likeness (QED) is 0.359. The topological polar surface area (TPSA) is 48.8 Å². The average Bonchev–Trinajstić information content (AvgIpc) is 2.74. The molecule has 2 aromatic carbocycles. The average molecular weight is 410 g/mol. The fraction of sp³-hybridized carbons (Fsp3) is 0.333. The number of pyridine rings is 1. The van der Waals surface area contributed by atoms with Gasteiger partial charge in [0, 0.05) is 28.2 Å². The highest BCUT2D eigenvalue weighted by Crippen LogP contribution is 2.41. The Kier molecular flexibility index (Phi) is 5.81. The zero-order valence-electron chi connectivity index (χ0n) is 16.5. The number of nitrogens with zero attached hydrogens (tertiary/aromatic N) is 1. The molecule has 150 valence electrons. The van der Waals surface area contributed by atoms with E-state index in [9.17, 15) is 4.39 Å². The molecule has 1 aromatic heterocycles. The van der Waals surface area contributed by atoms with Crippen LogP contribution in [0.4, 0.5) is 10.1 Å². The zero-order chi connectivity index (χ0) is 20.4. The van der Waals surface area contributed by atoms with E-state index in [4.69, 9.17) is 17.0 Å². The number of fused-ring (bicyclic) bond motifs is 1. The van der Waals surface area contributed by atoms with Gasteiger partial charge in [-0.3, -0.25) is 10.4 Å². The number of hydrogen-bond acceptors (Lipinski definition) is 2. The summed E-state index contributed by atoms with van der Waals surface area (Å²) in [5.74, 6) is 1.40. The van der Waals surface area contributed by atoms with E-state index in [-0.39, 0.29) is 11.7 Å². The molecule has 0 saturated heterocycles. The van der Waals surface area contributed by atoms with Crippen LogP contribution in [-0.4, -0.2) is 10.8 Å². The Bertz CT molecular complexity index is 1010. The SMILES string of the molecule is C[C@@H](C(=N)Nc1ccc(Cl)cc1)[C@H]1CC[C@@H](c2ccnc3ccc(F)cc32)CC1. The van der Waals surface area contributed by atoms with E-state index in [1.165, 1.54) is 11.6 Å². The summed E-state index contributed by atoms with van der Waals surface area (Å²) in [6, 6.07) is 14.3. The molecule has 5 heteroatoms. The van der Waals surface area contributed by atoms with Gasteiger partial charge in [-0.25, -0.2) is 4.39 Å². The highest BCUT2D eigenvalue weighted by atomic mass is 35.5. The van der Waals surface area contributed by atoms with Crippen molar-refractivity contribution in [3.05, 3.63) is 71.1 Å². The van der Waals surface area contributed by atoms with Crippen molar-refractivity contribution in [3.8, 4) is 0 Å². The summed E-state index contributed by atoms with van der Waals surface area (Å²) in [4.78, 5) is 4.38. The van der Waals surface area contributed by atoms with Gasteiger partial charge in [0.25, 0.3) is 0 Å². The molecule has 0 amide bonds. The second-order valence-electron chi connectivity index (χ2n) is 8.01. The van der Waals surface area contributed by atoms with Gasteiger partial charge < -0.3 is 5.32 Å². The normalized spacial score (nSPS) is 20.4. The Balaban J connectivity index is 1.41. The molecule has 1 heterocycles. The molecule has 3 aromatic rings. The van der Waals surface area contributed by atoms with E-state index in [1.54, 1.807) is 12.1 Å². The Morgan fingerprint density at radius 3 is 2.55 bits per heavy atom. The zero-order valence-corrected chi connectivity index (χ0v) is 17.2. The molecular weight excluding hydrogens is 385 g/mol. The molecule has 4 rings (SSSR count). The predicted octanol–water partition coefficient (Wildman–Crippen LogP) is 7.03. The first-order valence-electron chi connectivity index (χ1n) is 10.2. The number of aromatic nitrogens is 1. The maximum absolute atomic E-state index is 13.8. The van der Waals surface area contributed by atoms with Gasteiger partial charge in [0.2, 0.25) is 0 Å². The monoisotopic (exact) mass is 409 g/mol. The molecule has 1 aliphatic carbocycles. The molecule has 1 saturated carbocycles. The molecular formula is C24H25ClFN3. The van der Waals surface area contributed by atoms with Crippen molar-refractivity contribution in [3.63, 3.8) is 0 Å². The Morgan fingerprint density at radius 1 is 1.10 bits per heavy atom. The summed E-state index contributed by atoms with van der Waals surface area (Å²) in [6.07, 6.45) is 6.07. The number of benzene rings is 2. The summed E-state index contributed by atoms with van der Waals surface area (Å²) in [5.41, 5.74) is 2.95. The van der Waals surface area contributed by atoms with E-state index in [0.29, 0.717) is 22.7 Å². The Labute approximate surface area is 175 Å². The number of halogens is 2. The number of rotatable bonds is 4. The fourth-order valence-electron chi connectivity index (χ4n) is 4.46. The van der Waals surface area contributed by atoms with Crippen LogP contribution in [0.5, 0.6) is 0 Å². The number of amidine groups is 1. The van der Waals surface area contributed by atoms with Crippen LogP contribution in [0.2, 0.25) is 5.02 Å². The van der Waals surface area contributed by atoms with Gasteiger partial charge in [0.1, 0.15) is 11.7 Å². The molecule has 0 spiro atoms. The van der Waals surface area contributed by atoms with Crippen LogP contribution in [0, 0.1) is 23.1 Å². The van der Waals surface area contributed by atoms with E-state index in [1.807, 2.05) is 36.5 Å². The van der Waals surface area contributed by atoms with Gasteiger partial charge in [-0.15, -0.1) is 0 Å². The summed E-state index contributed by atoms with van der Waals surface area (Å²) in [6.45, 7) is 2.13. The third-order valence-electron chi connectivity index (χ3n) is 6.23. The third kappa shape index (κ3) is 4.43. The van der Waals surface area contributed by atoms with Crippen molar-refractivity contribution in [1.29, 1.82) is 5.41 Å². The van der Waals surface area contributed by atoms with E-state index in [2.05, 4.69) is 17.2 Å². The van der Waals surface area contributed by atoms with Crippen molar-refractivity contribution >= 4 is 34.0 Å². The van der Waals surface area contributed by atoms with Gasteiger partial charge >= 0.3 is 0 Å². The number of nitrogens with one attached hydrogen (secondary N) is 2. The van der Waals surface area contributed by atoms with Gasteiger partial charge in [-0.05, 0) is 91.6 Å². The maximum atomic E-state index is 13.8. The smallest absolute Gasteiger partial charge is 0.123 e. The van der Waals surface area contributed by atoms with E-state index in [0.717, 1.165) is 42.3 Å². The van der Waals surface area contributed by atoms with Crippen molar-refractivity contribution in [2.45, 2.75) is 38.5 Å². The summed E-state index contributed by atoms with van der Waals surface area (Å²) >= 11 is 5.94. The standard InChI is InChI=1S/C24H25ClFN3/c1-15(24(27)29-20-9-6-18(25)7-10-20)16-2-4-17(5-3-16)21-12-13-28-23-11-8-19(26)14-22(21)23/h6-17H,2-5H2,1H3,(H2,27,29)/t15-,16-,17+/m1/s1. The van der Waals surface area contributed by atoms with Gasteiger partial charge in [0.15, 0.2) is 0 Å². The lowest BCUT2D eigenvalue weighted by molar-refractivity contribution is 0.287. The molecule has 29 heavy (non-hydrogen) atoms. The van der Waals surface area contributed by atoms with E-state index >= 15 is 0 Å². The summed E-state index contributed by atoms with van der Waals surface area (Å²) in [7, 11) is 0. The molecule has 0 unspecified atom stereocenters. The fourth-order valence-corrected chi connectivity index (χ4v) is 4.59. The minimum absolute atomic E-state index is 0.165. The van der Waals surface area contributed by atoms with Crippen LogP contribution in [-0.2, 0) is 0 Å². The second kappa shape index (κ2) is 8.50. The first-order valence-corrected chi connectivity index (χ1v) is 10.5. The highest BCUT2D eigenvalue weighted by molar-refractivity contribution is 6.30. The van der Waals surface area contributed by atoms with Crippen LogP contribution in [0.15, 0.2) is 54.7 Å². The van der Waals surface area contributed by atoms with Crippen molar-refractivity contribution < 1.29 is 4.39 Å². The van der Waals surface area contributed by atoms with E-state index < -0.39 is 0 Å². The molecule has 0 bridgehead atoms. The maximum Gasteiger partial charge on any atom is 0.123 e. The lowest BCUT2D eigenvalue weighted by Gasteiger charge is -2.33. The van der Waals surface area contributed by atoms with Crippen LogP contribution >= 0.6 is 11.6 Å². The molecule has 2 N–H and O–H groups in total. The molecule has 0 radical (unpaired) electrons. The lowest BCUT2D eigenvalue weighted by atomic mass is 9.73. The van der Waals surface area contributed by atoms with Crippen LogP contribution < -0.4 is 5.32 Å². The Morgan fingerprint density at radius 2 is 1.83 bits per heavy atom. The van der Waals surface area contributed by atoms with Crippen molar-refractivity contribution in [1.82, 2.24) is 4.98 Å². The van der Waals surface area contributed by atoms with Crippen LogP contribution in [0.1, 0.15) is 44.1 Å². The first-order chi connectivity index (χ1) is 14.0. The van der Waals surface area contributed by atoms with Crippen LogP contribution in [0.25, 0.3) is 10.9 Å². The first kappa shape index (κ1) is 19.8.